The standard InChI is InChI=1S/C17H31NO2/c1-17(2,16(19)20)14-9-8-12-18(13-14)15-10-6-4-3-5-7-11-15/h14-15H,3-13H2,1-2H3,(H,19,20). The summed E-state index contributed by atoms with van der Waals surface area (Å²) in [4.78, 5) is 14.1. The van der Waals surface area contributed by atoms with Gasteiger partial charge in [-0.15, -0.1) is 0 Å². The van der Waals surface area contributed by atoms with Gasteiger partial charge in [-0.3, -0.25) is 4.79 Å². The molecule has 1 atom stereocenters. The number of nitrogens with zero attached hydrogens (tertiary/aromatic N) is 1. The van der Waals surface area contributed by atoms with Crippen LogP contribution in [0, 0.1) is 11.3 Å². The lowest BCUT2D eigenvalue weighted by molar-refractivity contribution is -0.151. The Hall–Kier alpha value is -0.570. The number of rotatable bonds is 3. The zero-order chi connectivity index (χ0) is 14.6. The number of aliphatic carboxylic acids is 1. The van der Waals surface area contributed by atoms with Crippen LogP contribution in [-0.2, 0) is 4.79 Å². The maximum Gasteiger partial charge on any atom is 0.309 e. The third-order valence-electron chi connectivity index (χ3n) is 5.62. The molecule has 1 aliphatic heterocycles. The Bertz CT molecular complexity index is 319. The minimum atomic E-state index is -0.637. The SMILES string of the molecule is CC(C)(C(=O)O)C1CCCN(C2CCCCCCC2)C1. The molecule has 0 aromatic heterocycles. The van der Waals surface area contributed by atoms with E-state index in [0.717, 1.165) is 19.4 Å². The first-order valence-corrected chi connectivity index (χ1v) is 8.49. The van der Waals surface area contributed by atoms with Crippen LogP contribution in [0.5, 0.6) is 0 Å². The fourth-order valence-electron chi connectivity index (χ4n) is 3.90. The van der Waals surface area contributed by atoms with E-state index in [0.29, 0.717) is 12.0 Å². The highest BCUT2D eigenvalue weighted by atomic mass is 16.4. The lowest BCUT2D eigenvalue weighted by Gasteiger charge is -2.43. The smallest absolute Gasteiger partial charge is 0.309 e. The van der Waals surface area contributed by atoms with Crippen molar-refractivity contribution >= 4 is 5.97 Å². The maximum atomic E-state index is 11.5. The van der Waals surface area contributed by atoms with E-state index >= 15 is 0 Å². The first-order valence-electron chi connectivity index (χ1n) is 8.49. The highest BCUT2D eigenvalue weighted by Gasteiger charge is 2.40. The van der Waals surface area contributed by atoms with Crippen molar-refractivity contribution in [1.82, 2.24) is 4.90 Å². The summed E-state index contributed by atoms with van der Waals surface area (Å²) in [5.41, 5.74) is -0.583. The highest BCUT2D eigenvalue weighted by molar-refractivity contribution is 5.74. The van der Waals surface area contributed by atoms with Gasteiger partial charge in [0.15, 0.2) is 0 Å². The third kappa shape index (κ3) is 3.75. The number of carboxylic acids is 1. The van der Waals surface area contributed by atoms with Crippen LogP contribution in [0.3, 0.4) is 0 Å². The van der Waals surface area contributed by atoms with Gasteiger partial charge in [0.1, 0.15) is 0 Å². The zero-order valence-corrected chi connectivity index (χ0v) is 13.2. The summed E-state index contributed by atoms with van der Waals surface area (Å²) in [6.45, 7) is 5.98. The predicted molar refractivity (Wildman–Crippen MR) is 81.8 cm³/mol. The molecule has 2 rings (SSSR count). The van der Waals surface area contributed by atoms with Gasteiger partial charge in [0.05, 0.1) is 5.41 Å². The molecule has 1 saturated carbocycles. The van der Waals surface area contributed by atoms with Crippen molar-refractivity contribution < 1.29 is 9.90 Å². The fraction of sp³-hybridized carbons (Fsp3) is 0.941. The first-order chi connectivity index (χ1) is 9.51. The molecule has 0 spiro atoms. The van der Waals surface area contributed by atoms with Crippen LogP contribution in [0.4, 0.5) is 0 Å². The van der Waals surface area contributed by atoms with Crippen LogP contribution in [-0.4, -0.2) is 35.1 Å². The monoisotopic (exact) mass is 281 g/mol. The summed E-state index contributed by atoms with van der Waals surface area (Å²) in [6.07, 6.45) is 11.8. The van der Waals surface area contributed by atoms with Crippen molar-refractivity contribution in [3.05, 3.63) is 0 Å². The topological polar surface area (TPSA) is 40.5 Å². The molecule has 2 fully saturated rings. The van der Waals surface area contributed by atoms with E-state index in [1.165, 1.54) is 51.5 Å². The van der Waals surface area contributed by atoms with Crippen LogP contribution >= 0.6 is 0 Å². The molecule has 0 bridgehead atoms. The van der Waals surface area contributed by atoms with E-state index in [-0.39, 0.29) is 0 Å². The lowest BCUT2D eigenvalue weighted by Crippen LogP contribution is -2.48. The normalized spacial score (nSPS) is 27.8. The second kappa shape index (κ2) is 6.93. The summed E-state index contributed by atoms with van der Waals surface area (Å²) in [5, 5.41) is 9.45. The van der Waals surface area contributed by atoms with Crippen molar-refractivity contribution in [2.75, 3.05) is 13.1 Å². The van der Waals surface area contributed by atoms with E-state index in [1.54, 1.807) is 0 Å². The average molecular weight is 281 g/mol. The van der Waals surface area contributed by atoms with E-state index in [4.69, 9.17) is 0 Å². The largest absolute Gasteiger partial charge is 0.481 e. The molecule has 0 radical (unpaired) electrons. The Balaban J connectivity index is 1.96. The molecule has 20 heavy (non-hydrogen) atoms. The van der Waals surface area contributed by atoms with Crippen molar-refractivity contribution in [3.63, 3.8) is 0 Å². The van der Waals surface area contributed by atoms with Gasteiger partial charge in [0.2, 0.25) is 0 Å². The van der Waals surface area contributed by atoms with Gasteiger partial charge in [0.25, 0.3) is 0 Å². The molecule has 3 nitrogen and oxygen atoms in total. The molecule has 1 unspecified atom stereocenters. The first kappa shape index (κ1) is 15.8. The molecule has 0 aromatic carbocycles. The molecular weight excluding hydrogens is 250 g/mol. The Morgan fingerprint density at radius 3 is 2.20 bits per heavy atom. The zero-order valence-electron chi connectivity index (χ0n) is 13.2. The molecule has 116 valence electrons. The quantitative estimate of drug-likeness (QED) is 0.852. The molecule has 1 N–H and O–H groups in total. The van der Waals surface area contributed by atoms with Gasteiger partial charge in [-0.1, -0.05) is 32.1 Å². The Kier molecular flexibility index (Phi) is 5.48. The van der Waals surface area contributed by atoms with Gasteiger partial charge in [-0.05, 0) is 52.0 Å². The van der Waals surface area contributed by atoms with E-state index in [1.807, 2.05) is 13.8 Å². The van der Waals surface area contributed by atoms with Gasteiger partial charge in [-0.2, -0.15) is 0 Å². The van der Waals surface area contributed by atoms with Crippen LogP contribution in [0.15, 0.2) is 0 Å². The summed E-state index contributed by atoms with van der Waals surface area (Å²) < 4.78 is 0. The van der Waals surface area contributed by atoms with Crippen molar-refractivity contribution in [1.29, 1.82) is 0 Å². The molecule has 1 saturated heterocycles. The number of likely N-dealkylation sites (tertiary alicyclic amines) is 1. The number of carboxylic acid groups (broad SMARTS) is 1. The van der Waals surface area contributed by atoms with Crippen molar-refractivity contribution in [2.24, 2.45) is 11.3 Å². The van der Waals surface area contributed by atoms with E-state index in [2.05, 4.69) is 4.90 Å². The van der Waals surface area contributed by atoms with E-state index in [9.17, 15) is 9.90 Å². The number of carbonyl (C=O) groups is 1. The minimum Gasteiger partial charge on any atom is -0.481 e. The molecule has 3 heteroatoms. The van der Waals surface area contributed by atoms with Crippen LogP contribution in [0.2, 0.25) is 0 Å². The molecule has 0 aromatic rings. The van der Waals surface area contributed by atoms with Crippen molar-refractivity contribution in [3.8, 4) is 0 Å². The lowest BCUT2D eigenvalue weighted by atomic mass is 9.74. The molecule has 2 aliphatic rings. The second-order valence-electron chi connectivity index (χ2n) is 7.36. The Morgan fingerprint density at radius 1 is 1.00 bits per heavy atom. The van der Waals surface area contributed by atoms with Gasteiger partial charge < -0.3 is 10.0 Å². The summed E-state index contributed by atoms with van der Waals surface area (Å²) in [6, 6.07) is 0.711. The number of hydrogen-bond acceptors (Lipinski definition) is 2. The van der Waals surface area contributed by atoms with E-state index < -0.39 is 11.4 Å². The molecule has 1 aliphatic carbocycles. The molecule has 1 heterocycles. The number of piperidine rings is 1. The molecular formula is C17H31NO2. The highest BCUT2D eigenvalue weighted by Crippen LogP contribution is 2.36. The second-order valence-corrected chi connectivity index (χ2v) is 7.36. The summed E-state index contributed by atoms with van der Waals surface area (Å²) in [7, 11) is 0. The Morgan fingerprint density at radius 2 is 1.60 bits per heavy atom. The summed E-state index contributed by atoms with van der Waals surface area (Å²) >= 11 is 0. The minimum absolute atomic E-state index is 0.305. The average Bonchev–Trinajstić information content (AvgIpc) is 2.38. The van der Waals surface area contributed by atoms with Crippen molar-refractivity contribution in [2.45, 2.75) is 77.7 Å². The van der Waals surface area contributed by atoms with Gasteiger partial charge in [-0.25, -0.2) is 0 Å². The molecule has 0 amide bonds. The third-order valence-corrected chi connectivity index (χ3v) is 5.62. The maximum absolute atomic E-state index is 11.5. The van der Waals surface area contributed by atoms with Crippen LogP contribution in [0.1, 0.15) is 71.6 Å². The summed E-state index contributed by atoms with van der Waals surface area (Å²) in [5.74, 6) is -0.332. The van der Waals surface area contributed by atoms with Gasteiger partial charge in [0, 0.05) is 12.6 Å². The van der Waals surface area contributed by atoms with Gasteiger partial charge >= 0.3 is 5.97 Å². The number of hydrogen-bond donors (Lipinski definition) is 1. The van der Waals surface area contributed by atoms with Crippen LogP contribution < -0.4 is 0 Å². The fourth-order valence-corrected chi connectivity index (χ4v) is 3.90. The predicted octanol–water partition coefficient (Wildman–Crippen LogP) is 3.92. The Labute approximate surface area is 123 Å². The van der Waals surface area contributed by atoms with Crippen LogP contribution in [0.25, 0.3) is 0 Å².